The Morgan fingerprint density at radius 3 is 2.24 bits per heavy atom. The van der Waals surface area contributed by atoms with Gasteiger partial charge in [-0.3, -0.25) is 19.3 Å². The van der Waals surface area contributed by atoms with E-state index in [0.29, 0.717) is 12.2 Å². The summed E-state index contributed by atoms with van der Waals surface area (Å²) in [5, 5.41) is 2.67. The number of carbonyl (C=O) groups excluding carboxylic acids is 3. The number of hydrogen-bond donors (Lipinski definition) is 2. The third-order valence-corrected chi connectivity index (χ3v) is 6.07. The molecule has 1 aliphatic heterocycles. The molecule has 10 heteroatoms. The number of methoxy groups -OCH3 is 1. The van der Waals surface area contributed by atoms with Crippen molar-refractivity contribution in [1.29, 1.82) is 0 Å². The second-order valence-corrected chi connectivity index (χ2v) is 8.82. The van der Waals surface area contributed by atoms with Crippen LogP contribution in [0, 0.1) is 5.92 Å². The predicted molar refractivity (Wildman–Crippen MR) is 106 cm³/mol. The highest BCUT2D eigenvalue weighted by molar-refractivity contribution is 7.89. The topological polar surface area (TPSA) is 122 Å². The van der Waals surface area contributed by atoms with Crippen molar-refractivity contribution >= 4 is 27.7 Å². The second kappa shape index (κ2) is 9.84. The fourth-order valence-corrected chi connectivity index (χ4v) is 4.26. The Morgan fingerprint density at radius 1 is 1.14 bits per heavy atom. The number of amides is 3. The quantitative estimate of drug-likeness (QED) is 0.419. The number of nitrogens with one attached hydrogen (secondary N) is 2. The van der Waals surface area contributed by atoms with Crippen LogP contribution in [0.2, 0.25) is 0 Å². The fourth-order valence-electron chi connectivity index (χ4n) is 2.91. The van der Waals surface area contributed by atoms with Crippen molar-refractivity contribution in [3.63, 3.8) is 0 Å². The fraction of sp³-hybridized carbons (Fsp3) is 0.526. The molecule has 160 valence electrons. The van der Waals surface area contributed by atoms with E-state index in [0.717, 1.165) is 0 Å². The summed E-state index contributed by atoms with van der Waals surface area (Å²) in [6.45, 7) is 3.94. The van der Waals surface area contributed by atoms with Gasteiger partial charge in [0.05, 0.1) is 12.0 Å². The molecule has 1 heterocycles. The number of carbonyl (C=O) groups is 3. The Morgan fingerprint density at radius 2 is 1.72 bits per heavy atom. The highest BCUT2D eigenvalue weighted by atomic mass is 32.2. The molecule has 0 aromatic heterocycles. The van der Waals surface area contributed by atoms with Crippen molar-refractivity contribution in [3.8, 4) is 5.75 Å². The summed E-state index contributed by atoms with van der Waals surface area (Å²) in [7, 11) is -2.41. The Hall–Kier alpha value is -2.46. The maximum absolute atomic E-state index is 12.6. The number of likely N-dealkylation sites (tertiary alicyclic amines) is 1. The van der Waals surface area contributed by atoms with E-state index in [9.17, 15) is 22.8 Å². The summed E-state index contributed by atoms with van der Waals surface area (Å²) in [5.41, 5.74) is 0. The lowest BCUT2D eigenvalue weighted by Crippen LogP contribution is -2.50. The Labute approximate surface area is 170 Å². The van der Waals surface area contributed by atoms with E-state index in [1.807, 2.05) is 0 Å². The molecule has 1 aromatic rings. The monoisotopic (exact) mass is 425 g/mol. The Bertz CT molecular complexity index is 835. The number of nitrogens with zero attached hydrogens (tertiary/aromatic N) is 1. The van der Waals surface area contributed by atoms with E-state index in [2.05, 4.69) is 10.0 Å². The Balaban J connectivity index is 1.92. The SMILES string of the molecule is COc1ccc(S(=O)(=O)N[C@H](C(=O)NCCCN2C(=O)CCC2=O)C(C)C)cc1. The number of ether oxygens (including phenoxy) is 1. The molecule has 1 atom stereocenters. The van der Waals surface area contributed by atoms with E-state index in [1.165, 1.54) is 36.3 Å². The van der Waals surface area contributed by atoms with E-state index in [-0.39, 0.29) is 48.6 Å². The van der Waals surface area contributed by atoms with Gasteiger partial charge in [-0.25, -0.2) is 8.42 Å². The average molecular weight is 426 g/mol. The molecule has 0 unspecified atom stereocenters. The number of sulfonamides is 1. The van der Waals surface area contributed by atoms with Gasteiger partial charge in [-0.15, -0.1) is 0 Å². The molecule has 1 aliphatic rings. The normalized spacial score (nSPS) is 15.7. The molecular weight excluding hydrogens is 398 g/mol. The highest BCUT2D eigenvalue weighted by Gasteiger charge is 2.29. The maximum atomic E-state index is 12.6. The van der Waals surface area contributed by atoms with E-state index in [1.54, 1.807) is 13.8 Å². The lowest BCUT2D eigenvalue weighted by atomic mass is 10.1. The van der Waals surface area contributed by atoms with Crippen LogP contribution in [0.3, 0.4) is 0 Å². The average Bonchev–Trinajstić information content (AvgIpc) is 3.01. The summed E-state index contributed by atoms with van der Waals surface area (Å²) in [6.07, 6.45) is 0.862. The van der Waals surface area contributed by atoms with E-state index in [4.69, 9.17) is 4.74 Å². The third-order valence-electron chi connectivity index (χ3n) is 4.61. The minimum absolute atomic E-state index is 0.0304. The van der Waals surface area contributed by atoms with Crippen LogP contribution in [0.1, 0.15) is 33.1 Å². The van der Waals surface area contributed by atoms with Crippen LogP contribution in [0.5, 0.6) is 5.75 Å². The first kappa shape index (κ1) is 22.8. The zero-order valence-corrected chi connectivity index (χ0v) is 17.6. The lowest BCUT2D eigenvalue weighted by molar-refractivity contribution is -0.138. The second-order valence-electron chi connectivity index (χ2n) is 7.10. The standard InChI is InChI=1S/C19H27N3O6S/c1-13(2)18(21-29(26,27)15-7-5-14(28-3)6-8-15)19(25)20-11-4-12-22-16(23)9-10-17(22)24/h5-8,13,18,21H,4,9-12H2,1-3H3,(H,20,25)/t18-/m0/s1. The van der Waals surface area contributed by atoms with Crippen molar-refractivity contribution in [3.05, 3.63) is 24.3 Å². The van der Waals surface area contributed by atoms with Gasteiger partial charge in [0.1, 0.15) is 11.8 Å². The third kappa shape index (κ3) is 6.01. The lowest BCUT2D eigenvalue weighted by Gasteiger charge is -2.22. The van der Waals surface area contributed by atoms with Gasteiger partial charge in [0.2, 0.25) is 27.7 Å². The van der Waals surface area contributed by atoms with Crippen LogP contribution in [-0.4, -0.2) is 57.3 Å². The van der Waals surface area contributed by atoms with Crippen molar-refractivity contribution in [1.82, 2.24) is 14.9 Å². The summed E-state index contributed by atoms with van der Waals surface area (Å²) in [5.74, 6) is -0.625. The molecule has 0 radical (unpaired) electrons. The van der Waals surface area contributed by atoms with Gasteiger partial charge in [-0.2, -0.15) is 4.72 Å². The van der Waals surface area contributed by atoms with Crippen molar-refractivity contribution in [2.75, 3.05) is 20.2 Å². The highest BCUT2D eigenvalue weighted by Crippen LogP contribution is 2.17. The number of rotatable bonds is 10. The first-order valence-corrected chi connectivity index (χ1v) is 10.9. The summed E-state index contributed by atoms with van der Waals surface area (Å²) in [4.78, 5) is 36.9. The molecule has 0 bridgehead atoms. The van der Waals surface area contributed by atoms with Crippen molar-refractivity contribution < 1.29 is 27.5 Å². The van der Waals surface area contributed by atoms with Gasteiger partial charge in [0, 0.05) is 25.9 Å². The predicted octanol–water partition coefficient (Wildman–Crippen LogP) is 0.653. The van der Waals surface area contributed by atoms with Crippen LogP contribution in [0.25, 0.3) is 0 Å². The minimum Gasteiger partial charge on any atom is -0.497 e. The van der Waals surface area contributed by atoms with Gasteiger partial charge in [-0.1, -0.05) is 13.8 Å². The molecule has 9 nitrogen and oxygen atoms in total. The molecule has 0 saturated carbocycles. The van der Waals surface area contributed by atoms with Gasteiger partial charge in [0.15, 0.2) is 0 Å². The van der Waals surface area contributed by atoms with Crippen LogP contribution in [0.4, 0.5) is 0 Å². The number of hydrogen-bond acceptors (Lipinski definition) is 6. The number of imide groups is 1. The molecule has 29 heavy (non-hydrogen) atoms. The zero-order valence-electron chi connectivity index (χ0n) is 16.8. The molecule has 3 amide bonds. The van der Waals surface area contributed by atoms with Gasteiger partial charge in [-0.05, 0) is 36.6 Å². The van der Waals surface area contributed by atoms with Crippen LogP contribution in [0.15, 0.2) is 29.2 Å². The molecule has 1 aromatic carbocycles. The largest absolute Gasteiger partial charge is 0.497 e. The van der Waals surface area contributed by atoms with E-state index >= 15 is 0 Å². The van der Waals surface area contributed by atoms with Crippen molar-refractivity contribution in [2.45, 2.75) is 44.0 Å². The zero-order chi connectivity index (χ0) is 21.6. The molecule has 0 aliphatic carbocycles. The molecule has 2 rings (SSSR count). The van der Waals surface area contributed by atoms with Gasteiger partial charge >= 0.3 is 0 Å². The minimum atomic E-state index is -3.90. The smallest absolute Gasteiger partial charge is 0.241 e. The molecule has 1 fully saturated rings. The Kier molecular flexibility index (Phi) is 7.74. The van der Waals surface area contributed by atoms with Crippen LogP contribution in [-0.2, 0) is 24.4 Å². The maximum Gasteiger partial charge on any atom is 0.241 e. The molecule has 1 saturated heterocycles. The first-order chi connectivity index (χ1) is 13.7. The van der Waals surface area contributed by atoms with Gasteiger partial charge < -0.3 is 10.1 Å². The van der Waals surface area contributed by atoms with Crippen LogP contribution >= 0.6 is 0 Å². The van der Waals surface area contributed by atoms with E-state index < -0.39 is 22.0 Å². The summed E-state index contributed by atoms with van der Waals surface area (Å²) in [6, 6.07) is 4.90. The summed E-state index contributed by atoms with van der Waals surface area (Å²) >= 11 is 0. The molecular formula is C19H27N3O6S. The summed E-state index contributed by atoms with van der Waals surface area (Å²) < 4.78 is 32.7. The first-order valence-electron chi connectivity index (χ1n) is 9.43. The van der Waals surface area contributed by atoms with Gasteiger partial charge in [0.25, 0.3) is 0 Å². The van der Waals surface area contributed by atoms with Crippen LogP contribution < -0.4 is 14.8 Å². The molecule has 0 spiro atoms. The van der Waals surface area contributed by atoms with Crippen molar-refractivity contribution in [2.24, 2.45) is 5.92 Å². The molecule has 2 N–H and O–H groups in total. The number of benzene rings is 1.